The Hall–Kier alpha value is -2.87. The van der Waals surface area contributed by atoms with Crippen LogP contribution in [0, 0.1) is 0 Å². The summed E-state index contributed by atoms with van der Waals surface area (Å²) in [5, 5.41) is 2.83. The van der Waals surface area contributed by atoms with Gasteiger partial charge in [-0.2, -0.15) is 0 Å². The van der Waals surface area contributed by atoms with E-state index in [0.29, 0.717) is 24.6 Å². The number of anilines is 1. The van der Waals surface area contributed by atoms with Crippen LogP contribution < -0.4 is 9.62 Å². The van der Waals surface area contributed by atoms with Crippen molar-refractivity contribution in [2.24, 2.45) is 0 Å². The fourth-order valence-corrected chi connectivity index (χ4v) is 4.62. The van der Waals surface area contributed by atoms with Crippen LogP contribution in [0.3, 0.4) is 0 Å². The van der Waals surface area contributed by atoms with Crippen LogP contribution in [-0.4, -0.2) is 44.5 Å². The van der Waals surface area contributed by atoms with Crippen LogP contribution in [0.4, 0.5) is 5.69 Å². The van der Waals surface area contributed by atoms with E-state index in [-0.39, 0.29) is 19.0 Å². The minimum atomic E-state index is -3.63. The van der Waals surface area contributed by atoms with Crippen LogP contribution in [0.5, 0.6) is 0 Å². The van der Waals surface area contributed by atoms with Gasteiger partial charge in [0.25, 0.3) is 0 Å². The van der Waals surface area contributed by atoms with E-state index >= 15 is 0 Å². The Labute approximate surface area is 190 Å². The molecule has 1 aliphatic heterocycles. The molecule has 1 heterocycles. The standard InChI is InChI=1S/C24H31N3O4S/c1-18(2)19-10-12-22(13-11-19)27(32(3,30)31)17-23(28)25-15-20-7-4-5-8-21(20)16-26-14-6-9-24(26)29/h4-5,7-8,10-13,18H,6,9,14-17H2,1-3H3,(H,25,28). The molecule has 8 heteroatoms. The number of carbonyl (C=O) groups excluding carboxylic acids is 2. The molecule has 0 spiro atoms. The maximum absolute atomic E-state index is 12.6. The average molecular weight is 458 g/mol. The molecule has 1 saturated heterocycles. The number of nitrogens with zero attached hydrogens (tertiary/aromatic N) is 2. The lowest BCUT2D eigenvalue weighted by atomic mass is 10.0. The van der Waals surface area contributed by atoms with Gasteiger partial charge in [0.05, 0.1) is 11.9 Å². The highest BCUT2D eigenvalue weighted by Gasteiger charge is 2.22. The fourth-order valence-electron chi connectivity index (χ4n) is 3.77. The largest absolute Gasteiger partial charge is 0.350 e. The second kappa shape index (κ2) is 10.2. The molecule has 0 aliphatic carbocycles. The molecule has 172 valence electrons. The van der Waals surface area contributed by atoms with Gasteiger partial charge in [-0.25, -0.2) is 8.42 Å². The van der Waals surface area contributed by atoms with E-state index in [9.17, 15) is 18.0 Å². The van der Waals surface area contributed by atoms with E-state index in [1.165, 1.54) is 0 Å². The third-order valence-corrected chi connectivity index (χ3v) is 6.80. The van der Waals surface area contributed by atoms with E-state index in [4.69, 9.17) is 0 Å². The molecule has 0 bridgehead atoms. The Morgan fingerprint density at radius 3 is 2.31 bits per heavy atom. The minimum absolute atomic E-state index is 0.149. The predicted molar refractivity (Wildman–Crippen MR) is 126 cm³/mol. The zero-order chi connectivity index (χ0) is 23.3. The van der Waals surface area contributed by atoms with Crippen LogP contribution in [0.1, 0.15) is 49.3 Å². The summed E-state index contributed by atoms with van der Waals surface area (Å²) in [6.07, 6.45) is 2.55. The van der Waals surface area contributed by atoms with Crippen molar-refractivity contribution in [3.8, 4) is 0 Å². The third kappa shape index (κ3) is 6.09. The number of nitrogens with one attached hydrogen (secondary N) is 1. The smallest absolute Gasteiger partial charge is 0.241 e. The molecule has 0 unspecified atom stereocenters. The zero-order valence-corrected chi connectivity index (χ0v) is 19.7. The first-order valence-corrected chi connectivity index (χ1v) is 12.7. The van der Waals surface area contributed by atoms with Crippen LogP contribution in [0.2, 0.25) is 0 Å². The number of likely N-dealkylation sites (tertiary alicyclic amines) is 1. The van der Waals surface area contributed by atoms with Crippen molar-refractivity contribution in [1.82, 2.24) is 10.2 Å². The first kappa shape index (κ1) is 23.8. The summed E-state index contributed by atoms with van der Waals surface area (Å²) in [5.41, 5.74) is 3.44. The van der Waals surface area contributed by atoms with E-state index in [1.807, 2.05) is 41.3 Å². The Morgan fingerprint density at radius 1 is 1.09 bits per heavy atom. The van der Waals surface area contributed by atoms with Gasteiger partial charge in [0.15, 0.2) is 0 Å². The van der Waals surface area contributed by atoms with Gasteiger partial charge >= 0.3 is 0 Å². The fraction of sp³-hybridized carbons (Fsp3) is 0.417. The van der Waals surface area contributed by atoms with Crippen LogP contribution in [0.25, 0.3) is 0 Å². The lowest BCUT2D eigenvalue weighted by Gasteiger charge is -2.23. The summed E-state index contributed by atoms with van der Waals surface area (Å²) in [4.78, 5) is 26.4. The predicted octanol–water partition coefficient (Wildman–Crippen LogP) is 3.01. The van der Waals surface area contributed by atoms with Crippen LogP contribution in [-0.2, 0) is 32.7 Å². The number of sulfonamides is 1. The number of hydrogen-bond acceptors (Lipinski definition) is 4. The molecule has 1 N–H and O–H groups in total. The summed E-state index contributed by atoms with van der Waals surface area (Å²) in [6.45, 7) is 5.36. The molecule has 1 aliphatic rings. The van der Waals surface area contributed by atoms with Gasteiger partial charge in [-0.05, 0) is 41.2 Å². The SMILES string of the molecule is CC(C)c1ccc(N(CC(=O)NCc2ccccc2CN2CCCC2=O)S(C)(=O)=O)cc1. The number of benzene rings is 2. The van der Waals surface area contributed by atoms with Gasteiger partial charge in [-0.15, -0.1) is 0 Å². The van der Waals surface area contributed by atoms with E-state index in [0.717, 1.165) is 40.2 Å². The van der Waals surface area contributed by atoms with Crippen molar-refractivity contribution < 1.29 is 18.0 Å². The van der Waals surface area contributed by atoms with Crippen molar-refractivity contribution in [2.45, 2.75) is 45.7 Å². The van der Waals surface area contributed by atoms with Crippen molar-refractivity contribution >= 4 is 27.5 Å². The molecule has 1 fully saturated rings. The van der Waals surface area contributed by atoms with E-state index < -0.39 is 15.9 Å². The molecular weight excluding hydrogens is 426 g/mol. The van der Waals surface area contributed by atoms with Gasteiger partial charge in [0, 0.05) is 26.1 Å². The molecule has 0 saturated carbocycles. The molecule has 0 aromatic heterocycles. The highest BCUT2D eigenvalue weighted by Crippen LogP contribution is 2.22. The quantitative estimate of drug-likeness (QED) is 0.627. The first-order valence-electron chi connectivity index (χ1n) is 10.8. The molecule has 7 nitrogen and oxygen atoms in total. The topological polar surface area (TPSA) is 86.8 Å². The van der Waals surface area contributed by atoms with E-state index in [2.05, 4.69) is 19.2 Å². The zero-order valence-electron chi connectivity index (χ0n) is 18.9. The van der Waals surface area contributed by atoms with Gasteiger partial charge in [0.1, 0.15) is 6.54 Å². The molecular formula is C24H31N3O4S. The normalized spacial score (nSPS) is 14.1. The maximum Gasteiger partial charge on any atom is 0.241 e. The summed E-state index contributed by atoms with van der Waals surface area (Å²) >= 11 is 0. The molecule has 0 atom stereocenters. The summed E-state index contributed by atoms with van der Waals surface area (Å²) < 4.78 is 25.8. The second-order valence-corrected chi connectivity index (χ2v) is 10.4. The highest BCUT2D eigenvalue weighted by molar-refractivity contribution is 7.92. The highest BCUT2D eigenvalue weighted by atomic mass is 32.2. The Bertz CT molecular complexity index is 1060. The van der Waals surface area contributed by atoms with Crippen molar-refractivity contribution in [3.05, 3.63) is 65.2 Å². The second-order valence-electron chi connectivity index (χ2n) is 8.48. The molecule has 2 aromatic rings. The van der Waals surface area contributed by atoms with Gasteiger partial charge in [0.2, 0.25) is 21.8 Å². The maximum atomic E-state index is 12.6. The summed E-state index contributed by atoms with van der Waals surface area (Å²) in [6, 6.07) is 14.9. The molecule has 32 heavy (non-hydrogen) atoms. The number of hydrogen-bond donors (Lipinski definition) is 1. The van der Waals surface area contributed by atoms with Crippen molar-refractivity contribution in [2.75, 3.05) is 23.7 Å². The average Bonchev–Trinajstić information content (AvgIpc) is 3.15. The van der Waals surface area contributed by atoms with Gasteiger partial charge in [-0.3, -0.25) is 13.9 Å². The molecule has 2 aromatic carbocycles. The molecule has 3 rings (SSSR count). The Balaban J connectivity index is 1.67. The van der Waals surface area contributed by atoms with Crippen LogP contribution >= 0.6 is 0 Å². The minimum Gasteiger partial charge on any atom is -0.350 e. The summed E-state index contributed by atoms with van der Waals surface area (Å²) in [5.74, 6) is 0.0847. The number of amides is 2. The molecule has 2 amide bonds. The van der Waals surface area contributed by atoms with Crippen molar-refractivity contribution in [1.29, 1.82) is 0 Å². The lowest BCUT2D eigenvalue weighted by molar-refractivity contribution is -0.128. The third-order valence-electron chi connectivity index (χ3n) is 5.66. The van der Waals surface area contributed by atoms with E-state index in [1.54, 1.807) is 12.1 Å². The van der Waals surface area contributed by atoms with Crippen molar-refractivity contribution in [3.63, 3.8) is 0 Å². The van der Waals surface area contributed by atoms with Crippen LogP contribution in [0.15, 0.2) is 48.5 Å². The van der Waals surface area contributed by atoms with Gasteiger partial charge in [-0.1, -0.05) is 50.2 Å². The lowest BCUT2D eigenvalue weighted by Crippen LogP contribution is -2.40. The number of rotatable bonds is 9. The Kier molecular flexibility index (Phi) is 7.56. The first-order chi connectivity index (χ1) is 15.1. The molecule has 0 radical (unpaired) electrons. The monoisotopic (exact) mass is 457 g/mol. The number of carbonyl (C=O) groups is 2. The summed E-state index contributed by atoms with van der Waals surface area (Å²) in [7, 11) is -3.63. The van der Waals surface area contributed by atoms with Gasteiger partial charge < -0.3 is 10.2 Å². The Morgan fingerprint density at radius 2 is 1.75 bits per heavy atom.